The molecule has 15 heavy (non-hydrogen) atoms. The van der Waals surface area contributed by atoms with Gasteiger partial charge in [0, 0.05) is 18.4 Å². The van der Waals surface area contributed by atoms with Crippen LogP contribution in [0.3, 0.4) is 0 Å². The Bertz CT molecular complexity index is 237. The number of nitrogens with one attached hydrogen (secondary N) is 1. The smallest absolute Gasteiger partial charge is 0.140 e. The van der Waals surface area contributed by atoms with Gasteiger partial charge >= 0.3 is 0 Å². The third-order valence-corrected chi connectivity index (χ3v) is 4.33. The van der Waals surface area contributed by atoms with E-state index in [-0.39, 0.29) is 5.41 Å². The van der Waals surface area contributed by atoms with E-state index in [0.29, 0.717) is 11.7 Å². The third-order valence-electron chi connectivity index (χ3n) is 4.33. The molecular formula is C13H23NO. The van der Waals surface area contributed by atoms with E-state index >= 15 is 0 Å². The highest BCUT2D eigenvalue weighted by Gasteiger charge is 2.43. The van der Waals surface area contributed by atoms with E-state index in [0.717, 1.165) is 38.3 Å². The first-order valence-electron chi connectivity index (χ1n) is 6.39. The van der Waals surface area contributed by atoms with Crippen LogP contribution in [0.15, 0.2) is 0 Å². The van der Waals surface area contributed by atoms with Crippen LogP contribution in [0, 0.1) is 17.3 Å². The van der Waals surface area contributed by atoms with Crippen molar-refractivity contribution in [2.45, 2.75) is 46.0 Å². The number of carbonyl (C=O) groups excluding carboxylic acids is 1. The largest absolute Gasteiger partial charge is 0.316 e. The van der Waals surface area contributed by atoms with Crippen LogP contribution >= 0.6 is 0 Å². The molecule has 0 amide bonds. The lowest BCUT2D eigenvalue weighted by Gasteiger charge is -2.31. The van der Waals surface area contributed by atoms with Gasteiger partial charge in [-0.2, -0.15) is 0 Å². The van der Waals surface area contributed by atoms with Crippen molar-refractivity contribution in [3.05, 3.63) is 0 Å². The number of hydrogen-bond acceptors (Lipinski definition) is 2. The normalized spacial score (nSPS) is 31.1. The maximum atomic E-state index is 12.3. The van der Waals surface area contributed by atoms with Crippen molar-refractivity contribution >= 4 is 5.78 Å². The molecule has 0 aromatic carbocycles. The minimum absolute atomic E-state index is 0.0328. The first kappa shape index (κ1) is 11.1. The number of rotatable bonds is 5. The first-order chi connectivity index (χ1) is 7.15. The summed E-state index contributed by atoms with van der Waals surface area (Å²) in [4.78, 5) is 12.3. The van der Waals surface area contributed by atoms with Gasteiger partial charge in [-0.1, -0.05) is 26.7 Å². The highest BCUT2D eigenvalue weighted by molar-refractivity contribution is 5.85. The van der Waals surface area contributed by atoms with Gasteiger partial charge in [-0.05, 0) is 31.2 Å². The molecule has 1 atom stereocenters. The average Bonchev–Trinajstić information content (AvgIpc) is 2.89. The van der Waals surface area contributed by atoms with Gasteiger partial charge in [0.05, 0.1) is 0 Å². The van der Waals surface area contributed by atoms with Crippen molar-refractivity contribution in [1.82, 2.24) is 5.32 Å². The molecule has 1 saturated carbocycles. The zero-order chi connectivity index (χ0) is 10.9. The Hall–Kier alpha value is -0.370. The maximum absolute atomic E-state index is 12.3. The van der Waals surface area contributed by atoms with Gasteiger partial charge < -0.3 is 5.32 Å². The molecule has 2 rings (SSSR count). The Balaban J connectivity index is 1.93. The Morgan fingerprint density at radius 1 is 1.47 bits per heavy atom. The lowest BCUT2D eigenvalue weighted by molar-refractivity contribution is -0.130. The van der Waals surface area contributed by atoms with Crippen LogP contribution in [0.5, 0.6) is 0 Å². The van der Waals surface area contributed by atoms with E-state index in [2.05, 4.69) is 19.2 Å². The summed E-state index contributed by atoms with van der Waals surface area (Å²) in [5.41, 5.74) is -0.0328. The maximum Gasteiger partial charge on any atom is 0.140 e. The predicted octanol–water partition coefficient (Wildman–Crippen LogP) is 2.38. The summed E-state index contributed by atoms with van der Waals surface area (Å²) in [6.07, 6.45) is 5.74. The number of hydrogen-bond donors (Lipinski definition) is 1. The molecule has 0 bridgehead atoms. The fraction of sp³-hybridized carbons (Fsp3) is 0.923. The molecular weight excluding hydrogens is 186 g/mol. The van der Waals surface area contributed by atoms with E-state index in [4.69, 9.17) is 0 Å². The highest BCUT2D eigenvalue weighted by Crippen LogP contribution is 2.39. The third kappa shape index (κ3) is 2.25. The predicted molar refractivity (Wildman–Crippen MR) is 61.7 cm³/mol. The van der Waals surface area contributed by atoms with Gasteiger partial charge in [0.25, 0.3) is 0 Å². The zero-order valence-electron chi connectivity index (χ0n) is 10.0. The molecule has 1 heterocycles. The molecule has 86 valence electrons. The molecule has 1 saturated heterocycles. The summed E-state index contributed by atoms with van der Waals surface area (Å²) < 4.78 is 0. The lowest BCUT2D eigenvalue weighted by Crippen LogP contribution is -2.38. The van der Waals surface area contributed by atoms with Crippen molar-refractivity contribution in [3.8, 4) is 0 Å². The minimum atomic E-state index is -0.0328. The van der Waals surface area contributed by atoms with Gasteiger partial charge in [-0.15, -0.1) is 0 Å². The van der Waals surface area contributed by atoms with E-state index < -0.39 is 0 Å². The monoisotopic (exact) mass is 209 g/mol. The number of Topliss-reactive ketones (excluding diaryl/α,β-unsaturated/α-hetero) is 1. The van der Waals surface area contributed by atoms with Gasteiger partial charge in [0.15, 0.2) is 0 Å². The molecule has 1 N–H and O–H groups in total. The first-order valence-corrected chi connectivity index (χ1v) is 6.39. The zero-order valence-corrected chi connectivity index (χ0v) is 10.0. The molecule has 1 aliphatic heterocycles. The van der Waals surface area contributed by atoms with Gasteiger partial charge in [-0.3, -0.25) is 4.79 Å². The standard InChI is InChI=1S/C13H23NO/c1-10(2)13(7-8-14-9-13)12(15)6-5-11-3-4-11/h10-11,14H,3-9H2,1-2H3. The summed E-state index contributed by atoms with van der Waals surface area (Å²) in [7, 11) is 0. The summed E-state index contributed by atoms with van der Waals surface area (Å²) >= 11 is 0. The van der Waals surface area contributed by atoms with Gasteiger partial charge in [-0.25, -0.2) is 0 Å². The van der Waals surface area contributed by atoms with Crippen LogP contribution in [0.25, 0.3) is 0 Å². The Kier molecular flexibility index (Phi) is 3.15. The second-order valence-corrected chi connectivity index (χ2v) is 5.64. The summed E-state index contributed by atoms with van der Waals surface area (Å²) in [5.74, 6) is 1.89. The van der Waals surface area contributed by atoms with Crippen LogP contribution in [0.1, 0.15) is 46.0 Å². The fourth-order valence-corrected chi connectivity index (χ4v) is 2.75. The quantitative estimate of drug-likeness (QED) is 0.753. The topological polar surface area (TPSA) is 29.1 Å². The van der Waals surface area contributed by atoms with Crippen molar-refractivity contribution in [3.63, 3.8) is 0 Å². The molecule has 1 aliphatic carbocycles. The molecule has 1 unspecified atom stereocenters. The van der Waals surface area contributed by atoms with Crippen molar-refractivity contribution in [2.24, 2.45) is 17.3 Å². The van der Waals surface area contributed by atoms with Crippen LogP contribution in [-0.4, -0.2) is 18.9 Å². The Morgan fingerprint density at radius 2 is 2.20 bits per heavy atom. The van der Waals surface area contributed by atoms with Gasteiger partial charge in [0.1, 0.15) is 5.78 Å². The molecule has 2 heteroatoms. The highest BCUT2D eigenvalue weighted by atomic mass is 16.1. The average molecular weight is 209 g/mol. The van der Waals surface area contributed by atoms with Crippen LogP contribution < -0.4 is 5.32 Å². The van der Waals surface area contributed by atoms with E-state index in [1.54, 1.807) is 0 Å². The summed E-state index contributed by atoms with van der Waals surface area (Å²) in [6.45, 7) is 6.32. The minimum Gasteiger partial charge on any atom is -0.316 e. The molecule has 0 aromatic rings. The van der Waals surface area contributed by atoms with Crippen molar-refractivity contribution in [1.29, 1.82) is 0 Å². The van der Waals surface area contributed by atoms with Crippen molar-refractivity contribution < 1.29 is 4.79 Å². The second kappa shape index (κ2) is 4.25. The SMILES string of the molecule is CC(C)C1(C(=O)CCC2CC2)CCNC1. The van der Waals surface area contributed by atoms with E-state index in [1.807, 2.05) is 0 Å². The molecule has 0 radical (unpaired) electrons. The van der Waals surface area contributed by atoms with E-state index in [1.165, 1.54) is 12.8 Å². The number of ketones is 1. The molecule has 2 aliphatic rings. The second-order valence-electron chi connectivity index (χ2n) is 5.64. The van der Waals surface area contributed by atoms with Crippen LogP contribution in [0.2, 0.25) is 0 Å². The number of carbonyl (C=O) groups is 1. The van der Waals surface area contributed by atoms with Crippen molar-refractivity contribution in [2.75, 3.05) is 13.1 Å². The molecule has 2 nitrogen and oxygen atoms in total. The Labute approximate surface area is 92.8 Å². The van der Waals surface area contributed by atoms with Crippen LogP contribution in [-0.2, 0) is 4.79 Å². The van der Waals surface area contributed by atoms with Gasteiger partial charge in [0.2, 0.25) is 0 Å². The summed E-state index contributed by atoms with van der Waals surface area (Å²) in [6, 6.07) is 0. The summed E-state index contributed by atoms with van der Waals surface area (Å²) in [5, 5.41) is 3.36. The lowest BCUT2D eigenvalue weighted by atomic mass is 9.71. The fourth-order valence-electron chi connectivity index (χ4n) is 2.75. The molecule has 0 aromatic heterocycles. The Morgan fingerprint density at radius 3 is 2.67 bits per heavy atom. The molecule has 2 fully saturated rings. The van der Waals surface area contributed by atoms with Crippen LogP contribution in [0.4, 0.5) is 0 Å². The molecule has 0 spiro atoms. The van der Waals surface area contributed by atoms with E-state index in [9.17, 15) is 4.79 Å².